The van der Waals surface area contributed by atoms with Crippen LogP contribution in [0.15, 0.2) is 140 Å². The van der Waals surface area contributed by atoms with E-state index in [9.17, 15) is 13.2 Å². The maximum atomic E-state index is 10.5. The maximum Gasteiger partial charge on any atom is 2.00 e. The van der Waals surface area contributed by atoms with E-state index in [2.05, 4.69) is 141 Å². The first kappa shape index (κ1) is 32.6. The van der Waals surface area contributed by atoms with Crippen LogP contribution in [0, 0.1) is 6.92 Å². The van der Waals surface area contributed by atoms with Gasteiger partial charge in [0.25, 0.3) is 0 Å². The number of carboxylic acid groups (broad SMARTS) is 1. The Kier molecular flexibility index (Phi) is 11.5. The predicted octanol–water partition coefficient (Wildman–Crippen LogP) is 7.21. The Morgan fingerprint density at radius 3 is 1.12 bits per heavy atom. The summed E-state index contributed by atoms with van der Waals surface area (Å²) >= 11 is 0. The number of rotatable bonds is 3. The van der Waals surface area contributed by atoms with Crippen LogP contribution in [-0.4, -0.2) is 12.1 Å². The van der Waals surface area contributed by atoms with Gasteiger partial charge in [-0.2, -0.15) is 13.2 Å². The topological polar surface area (TPSA) is 40.1 Å². The van der Waals surface area contributed by atoms with Crippen LogP contribution in [0.3, 0.4) is 0 Å². The van der Waals surface area contributed by atoms with Crippen molar-refractivity contribution in [2.24, 2.45) is 0 Å². The van der Waals surface area contributed by atoms with E-state index >= 15 is 0 Å². The van der Waals surface area contributed by atoms with Crippen LogP contribution in [0.4, 0.5) is 13.2 Å². The van der Waals surface area contributed by atoms with Gasteiger partial charge in [0.05, 0.1) is 0 Å². The molecule has 6 rings (SSSR count). The largest absolute Gasteiger partial charge is 2.00 e. The number of alkyl halides is 3. The second-order valence-electron chi connectivity index (χ2n) is 8.90. The molecule has 42 heavy (non-hydrogen) atoms. The normalized spacial score (nSPS) is 10.7. The third-order valence-corrected chi connectivity index (χ3v) is 8.87. The Labute approximate surface area is 257 Å². The van der Waals surface area contributed by atoms with Crippen LogP contribution in [0.2, 0.25) is 0 Å². The van der Waals surface area contributed by atoms with Crippen molar-refractivity contribution in [3.05, 3.63) is 147 Å². The molecule has 6 aromatic carbocycles. The van der Waals surface area contributed by atoms with Crippen molar-refractivity contribution in [1.29, 1.82) is 0 Å². The van der Waals surface area contributed by atoms with Gasteiger partial charge in [-0.25, -0.2) is 19.6 Å². The molecule has 0 aliphatic heterocycles. The number of carboxylic acids is 1. The first-order valence-corrected chi connectivity index (χ1v) is 14.0. The van der Waals surface area contributed by atoms with Gasteiger partial charge < -0.3 is 9.90 Å². The Hall–Kier alpha value is -3.94. The fourth-order valence-electron chi connectivity index (χ4n) is 4.60. The van der Waals surface area contributed by atoms with Crippen LogP contribution in [0.25, 0.3) is 32.3 Å². The molecule has 2 nitrogen and oxygen atoms in total. The average molecular weight is 673 g/mol. The molecule has 0 aromatic heterocycles. The van der Waals surface area contributed by atoms with E-state index in [1.165, 1.54) is 54.3 Å². The summed E-state index contributed by atoms with van der Waals surface area (Å²) in [6.45, 7) is 6.50. The molecule has 0 spiro atoms. The molecule has 0 bridgehead atoms. The van der Waals surface area contributed by atoms with Gasteiger partial charge in [-0.1, -0.05) is 127 Å². The van der Waals surface area contributed by atoms with Gasteiger partial charge in [-0.3, -0.25) is 0 Å². The molecule has 7 heteroatoms. The summed E-state index contributed by atoms with van der Waals surface area (Å²) < 4.78 is 31.5. The summed E-state index contributed by atoms with van der Waals surface area (Å²) in [4.78, 5) is 8.78. The Bertz CT molecular complexity index is 1610. The number of allylic oxidation sites excluding steroid dienone is 1. The van der Waals surface area contributed by atoms with Crippen LogP contribution in [-0.2, 0) is 25.2 Å². The van der Waals surface area contributed by atoms with Crippen LogP contribution < -0.4 is 21.0 Å². The quantitative estimate of drug-likeness (QED) is 0.113. The van der Waals surface area contributed by atoms with Crippen LogP contribution >= 0.6 is 7.92 Å². The number of benzene rings is 6. The Morgan fingerprint density at radius 2 is 0.857 bits per heavy atom. The molecule has 0 unspecified atom stereocenters. The first-order chi connectivity index (χ1) is 19.8. The zero-order chi connectivity index (χ0) is 29.4. The SMILES string of the molecule is C=C[CH2-].O=C([O-])C(F)(F)F.[Pd+2].c1ccc2c(P(c3cccc4ccccc34)c3cccc4ccccc34)cccc2c1. The summed E-state index contributed by atoms with van der Waals surface area (Å²) in [6.07, 6.45) is -3.69. The summed E-state index contributed by atoms with van der Waals surface area (Å²) in [5.41, 5.74) is 0. The van der Waals surface area contributed by atoms with Gasteiger partial charge in [0.15, 0.2) is 0 Å². The molecule has 0 atom stereocenters. The number of aliphatic carboxylic acids is 1. The molecule has 0 N–H and O–H groups in total. The summed E-state index contributed by atoms with van der Waals surface area (Å²) in [7, 11) is -0.745. The zero-order valence-corrected chi connectivity index (χ0v) is 24.8. The molecule has 0 saturated carbocycles. The van der Waals surface area contributed by atoms with E-state index in [1.807, 2.05) is 0 Å². The predicted molar refractivity (Wildman–Crippen MR) is 164 cm³/mol. The summed E-state index contributed by atoms with van der Waals surface area (Å²) in [5, 5.41) is 21.0. The van der Waals surface area contributed by atoms with Gasteiger partial charge in [0, 0.05) is 0 Å². The summed E-state index contributed by atoms with van der Waals surface area (Å²) in [5.74, 6) is -3.01. The Morgan fingerprint density at radius 1 is 0.619 bits per heavy atom. The monoisotopic (exact) mass is 672 g/mol. The van der Waals surface area contributed by atoms with Crippen molar-refractivity contribution in [2.45, 2.75) is 6.18 Å². The number of halogens is 3. The number of hydrogen-bond donors (Lipinski definition) is 0. The van der Waals surface area contributed by atoms with E-state index in [4.69, 9.17) is 9.90 Å². The average Bonchev–Trinajstić information content (AvgIpc) is 2.98. The van der Waals surface area contributed by atoms with Crippen molar-refractivity contribution in [3.63, 3.8) is 0 Å². The number of fused-ring (bicyclic) bond motifs is 3. The molecule has 0 aliphatic rings. The van der Waals surface area contributed by atoms with Crippen molar-refractivity contribution in [3.8, 4) is 0 Å². The van der Waals surface area contributed by atoms with Crippen molar-refractivity contribution < 1.29 is 43.5 Å². The smallest absolute Gasteiger partial charge is 0.542 e. The van der Waals surface area contributed by atoms with Gasteiger partial charge in [-0.15, -0.1) is 0 Å². The maximum absolute atomic E-state index is 10.5. The first-order valence-electron chi connectivity index (χ1n) is 12.7. The van der Waals surface area contributed by atoms with Crippen LogP contribution in [0.1, 0.15) is 0 Å². The second-order valence-corrected chi connectivity index (χ2v) is 11.0. The molecule has 214 valence electrons. The van der Waals surface area contributed by atoms with Gasteiger partial charge in [-0.05, 0) is 56.2 Å². The fourth-order valence-corrected chi connectivity index (χ4v) is 7.42. The van der Waals surface area contributed by atoms with E-state index in [0.717, 1.165) is 0 Å². The molecule has 0 saturated heterocycles. The van der Waals surface area contributed by atoms with E-state index in [-0.39, 0.29) is 20.4 Å². The molecule has 0 amide bonds. The summed E-state index contributed by atoms with van der Waals surface area (Å²) in [6, 6.07) is 46.6. The molecule has 0 radical (unpaired) electrons. The standard InChI is InChI=1S/C30H21P.C3H5.C2HF3O2.Pd/c1-4-16-25-22(10-1)13-7-19-28(25)31(29-20-8-14-23-11-2-5-17-26(23)29)30-21-9-15-24-12-3-6-18-27(24)30;1-3-2;3-2(4,5)1(6)7;/h1-21H;3H,1-2H2;(H,6,7);/q;-1;;+2/p-1. The minimum absolute atomic E-state index is 0. The third kappa shape index (κ3) is 7.47. The van der Waals surface area contributed by atoms with E-state index in [0.29, 0.717) is 0 Å². The third-order valence-electron chi connectivity index (χ3n) is 6.25. The molecule has 6 aromatic rings. The van der Waals surface area contributed by atoms with E-state index < -0.39 is 20.1 Å². The van der Waals surface area contributed by atoms with Gasteiger partial charge in [0.2, 0.25) is 0 Å². The van der Waals surface area contributed by atoms with Gasteiger partial charge in [0.1, 0.15) is 5.97 Å². The molecular formula is C35H26F3O2PPd. The van der Waals surface area contributed by atoms with Crippen molar-refractivity contribution >= 4 is 62.1 Å². The number of carbonyl (C=O) groups is 1. The minimum atomic E-state index is -5.19. The minimum Gasteiger partial charge on any atom is -0.542 e. The number of carbonyl (C=O) groups excluding carboxylic acids is 1. The fraction of sp³-hybridized carbons (Fsp3) is 0.0286. The Balaban J connectivity index is 0.000000384. The van der Waals surface area contributed by atoms with Gasteiger partial charge >= 0.3 is 26.6 Å². The second kappa shape index (κ2) is 14.8. The number of hydrogen-bond acceptors (Lipinski definition) is 2. The van der Waals surface area contributed by atoms with Crippen LogP contribution in [0.5, 0.6) is 0 Å². The van der Waals surface area contributed by atoms with Crippen molar-refractivity contribution in [1.82, 2.24) is 0 Å². The molecule has 0 aliphatic carbocycles. The van der Waals surface area contributed by atoms with Crippen molar-refractivity contribution in [2.75, 3.05) is 0 Å². The molecular weight excluding hydrogens is 647 g/mol. The zero-order valence-electron chi connectivity index (χ0n) is 22.3. The molecule has 0 heterocycles. The molecule has 0 fully saturated rings. The van der Waals surface area contributed by atoms with E-state index in [1.54, 1.807) is 0 Å².